The number of hydrogen-bond acceptors (Lipinski definition) is 3. The van der Waals surface area contributed by atoms with Crippen molar-refractivity contribution in [3.8, 4) is 21.8 Å². The van der Waals surface area contributed by atoms with Crippen molar-refractivity contribution in [1.29, 1.82) is 0 Å². The molecule has 1 N–H and O–H groups in total. The summed E-state index contributed by atoms with van der Waals surface area (Å²) in [5.41, 5.74) is 2.73. The quantitative estimate of drug-likeness (QED) is 0.767. The normalized spacial score (nSPS) is 10.6. The molecule has 3 nitrogen and oxygen atoms in total. The number of rotatable bonds is 3. The standard InChI is InChI=1S/C17H12FNO2S/c1-10-5-7-11(8-6-10)16-19-14(15(22-16)17(20)21)12-3-2-4-13(18)9-12/h2-9H,1H3,(H,20,21). The van der Waals surface area contributed by atoms with Crippen LogP contribution in [0.25, 0.3) is 21.8 Å². The van der Waals surface area contributed by atoms with Crippen LogP contribution >= 0.6 is 11.3 Å². The minimum absolute atomic E-state index is 0.112. The van der Waals surface area contributed by atoms with E-state index in [-0.39, 0.29) is 4.88 Å². The lowest BCUT2D eigenvalue weighted by atomic mass is 10.1. The second-order valence-electron chi connectivity index (χ2n) is 4.88. The van der Waals surface area contributed by atoms with E-state index in [0.29, 0.717) is 16.3 Å². The third-order valence-corrected chi connectivity index (χ3v) is 4.31. The van der Waals surface area contributed by atoms with Gasteiger partial charge in [-0.25, -0.2) is 14.2 Å². The summed E-state index contributed by atoms with van der Waals surface area (Å²) in [6.07, 6.45) is 0. The van der Waals surface area contributed by atoms with E-state index in [1.807, 2.05) is 31.2 Å². The first-order valence-corrected chi connectivity index (χ1v) is 7.43. The monoisotopic (exact) mass is 313 g/mol. The summed E-state index contributed by atoms with van der Waals surface area (Å²) in [5, 5.41) is 9.99. The highest BCUT2D eigenvalue weighted by Gasteiger charge is 2.19. The van der Waals surface area contributed by atoms with Crippen LogP contribution in [-0.4, -0.2) is 16.1 Å². The van der Waals surface area contributed by atoms with E-state index in [1.165, 1.54) is 12.1 Å². The number of hydrogen-bond donors (Lipinski definition) is 1. The third-order valence-electron chi connectivity index (χ3n) is 3.22. The van der Waals surface area contributed by atoms with E-state index in [2.05, 4.69) is 4.98 Å². The molecule has 0 aliphatic carbocycles. The highest BCUT2D eigenvalue weighted by molar-refractivity contribution is 7.17. The molecule has 0 amide bonds. The first-order chi connectivity index (χ1) is 10.5. The molecule has 0 atom stereocenters. The van der Waals surface area contributed by atoms with Crippen molar-refractivity contribution in [2.75, 3.05) is 0 Å². The van der Waals surface area contributed by atoms with Crippen LogP contribution in [-0.2, 0) is 0 Å². The van der Waals surface area contributed by atoms with Gasteiger partial charge in [0.2, 0.25) is 0 Å². The number of benzene rings is 2. The van der Waals surface area contributed by atoms with Crippen LogP contribution in [0.5, 0.6) is 0 Å². The molecule has 0 aliphatic heterocycles. The van der Waals surface area contributed by atoms with Gasteiger partial charge in [0.05, 0.1) is 5.69 Å². The molecule has 0 spiro atoms. The largest absolute Gasteiger partial charge is 0.477 e. The van der Waals surface area contributed by atoms with Gasteiger partial charge in [-0.2, -0.15) is 0 Å². The predicted molar refractivity (Wildman–Crippen MR) is 84.6 cm³/mol. The summed E-state index contributed by atoms with van der Waals surface area (Å²) in [6.45, 7) is 1.98. The summed E-state index contributed by atoms with van der Waals surface area (Å²) in [5.74, 6) is -1.48. The van der Waals surface area contributed by atoms with Crippen LogP contribution in [0.4, 0.5) is 4.39 Å². The Morgan fingerprint density at radius 3 is 2.50 bits per heavy atom. The summed E-state index contributed by atoms with van der Waals surface area (Å²) in [4.78, 5) is 16.0. The van der Waals surface area contributed by atoms with Crippen LogP contribution in [0.15, 0.2) is 48.5 Å². The molecular formula is C17H12FNO2S. The first-order valence-electron chi connectivity index (χ1n) is 6.61. The van der Waals surface area contributed by atoms with Gasteiger partial charge in [0, 0.05) is 11.1 Å². The lowest BCUT2D eigenvalue weighted by Gasteiger charge is -1.99. The van der Waals surface area contributed by atoms with Gasteiger partial charge in [-0.05, 0) is 19.1 Å². The smallest absolute Gasteiger partial charge is 0.348 e. The Labute approximate surface area is 130 Å². The Bertz CT molecular complexity index is 840. The van der Waals surface area contributed by atoms with Crippen LogP contribution in [0.3, 0.4) is 0 Å². The molecular weight excluding hydrogens is 301 g/mol. The third kappa shape index (κ3) is 2.76. The fourth-order valence-corrected chi connectivity index (χ4v) is 3.05. The molecule has 1 heterocycles. The Balaban J connectivity index is 2.14. The molecule has 3 rings (SSSR count). The zero-order chi connectivity index (χ0) is 15.7. The molecule has 2 aromatic carbocycles. The molecule has 0 aliphatic rings. The zero-order valence-corrected chi connectivity index (χ0v) is 12.5. The van der Waals surface area contributed by atoms with Crippen LogP contribution in [0.1, 0.15) is 15.2 Å². The molecule has 0 radical (unpaired) electrons. The topological polar surface area (TPSA) is 50.2 Å². The number of carbonyl (C=O) groups is 1. The Hall–Kier alpha value is -2.53. The number of aromatic carboxylic acids is 1. The number of carboxylic acid groups (broad SMARTS) is 1. The fourth-order valence-electron chi connectivity index (χ4n) is 2.12. The number of aryl methyl sites for hydroxylation is 1. The molecule has 1 aromatic heterocycles. The molecule has 0 saturated carbocycles. The van der Waals surface area contributed by atoms with E-state index in [0.717, 1.165) is 22.5 Å². The van der Waals surface area contributed by atoms with Crippen LogP contribution in [0.2, 0.25) is 0 Å². The van der Waals surface area contributed by atoms with Gasteiger partial charge in [0.15, 0.2) is 0 Å². The second kappa shape index (κ2) is 5.69. The average molecular weight is 313 g/mol. The Morgan fingerprint density at radius 1 is 1.14 bits per heavy atom. The van der Waals surface area contributed by atoms with E-state index in [1.54, 1.807) is 12.1 Å². The van der Waals surface area contributed by atoms with Crippen LogP contribution in [0, 0.1) is 12.7 Å². The molecule has 0 saturated heterocycles. The molecule has 22 heavy (non-hydrogen) atoms. The Morgan fingerprint density at radius 2 is 1.86 bits per heavy atom. The summed E-state index contributed by atoms with van der Waals surface area (Å²) < 4.78 is 13.4. The van der Waals surface area contributed by atoms with Gasteiger partial charge in [-0.1, -0.05) is 42.0 Å². The van der Waals surface area contributed by atoms with Crippen molar-refractivity contribution >= 4 is 17.3 Å². The van der Waals surface area contributed by atoms with Gasteiger partial charge in [0.1, 0.15) is 15.7 Å². The molecule has 0 unspecified atom stereocenters. The molecule has 0 fully saturated rings. The summed E-state index contributed by atoms with van der Waals surface area (Å²) >= 11 is 1.09. The van der Waals surface area contributed by atoms with Crippen molar-refractivity contribution < 1.29 is 14.3 Å². The van der Waals surface area contributed by atoms with Crippen molar-refractivity contribution in [2.24, 2.45) is 0 Å². The van der Waals surface area contributed by atoms with Gasteiger partial charge in [-0.3, -0.25) is 0 Å². The number of nitrogens with zero attached hydrogens (tertiary/aromatic N) is 1. The minimum Gasteiger partial charge on any atom is -0.477 e. The maximum absolute atomic E-state index is 13.4. The van der Waals surface area contributed by atoms with Gasteiger partial charge in [0.25, 0.3) is 0 Å². The molecule has 0 bridgehead atoms. The summed E-state index contributed by atoms with van der Waals surface area (Å²) in [6, 6.07) is 13.5. The maximum Gasteiger partial charge on any atom is 0.348 e. The molecule has 110 valence electrons. The van der Waals surface area contributed by atoms with Crippen LogP contribution < -0.4 is 0 Å². The molecule has 5 heteroatoms. The zero-order valence-electron chi connectivity index (χ0n) is 11.7. The highest BCUT2D eigenvalue weighted by Crippen LogP contribution is 2.34. The van der Waals surface area contributed by atoms with Crippen molar-refractivity contribution in [1.82, 2.24) is 4.98 Å². The Kier molecular flexibility index (Phi) is 3.73. The number of halogens is 1. The second-order valence-corrected chi connectivity index (χ2v) is 5.88. The lowest BCUT2D eigenvalue weighted by molar-refractivity contribution is 0.0702. The maximum atomic E-state index is 13.4. The van der Waals surface area contributed by atoms with E-state index >= 15 is 0 Å². The average Bonchev–Trinajstić information content (AvgIpc) is 2.93. The van der Waals surface area contributed by atoms with Gasteiger partial charge < -0.3 is 5.11 Å². The minimum atomic E-state index is -1.06. The first kappa shape index (κ1) is 14.4. The van der Waals surface area contributed by atoms with Crippen molar-refractivity contribution in [3.05, 3.63) is 64.8 Å². The van der Waals surface area contributed by atoms with Crippen molar-refractivity contribution in [2.45, 2.75) is 6.92 Å². The summed E-state index contributed by atoms with van der Waals surface area (Å²) in [7, 11) is 0. The highest BCUT2D eigenvalue weighted by atomic mass is 32.1. The fraction of sp³-hybridized carbons (Fsp3) is 0.0588. The number of thiazole rings is 1. The van der Waals surface area contributed by atoms with E-state index in [4.69, 9.17) is 0 Å². The predicted octanol–water partition coefficient (Wildman–Crippen LogP) is 4.62. The number of carboxylic acids is 1. The molecule has 3 aromatic rings. The van der Waals surface area contributed by atoms with E-state index in [9.17, 15) is 14.3 Å². The van der Waals surface area contributed by atoms with Gasteiger partial charge >= 0.3 is 5.97 Å². The van der Waals surface area contributed by atoms with Gasteiger partial charge in [-0.15, -0.1) is 11.3 Å². The lowest BCUT2D eigenvalue weighted by Crippen LogP contribution is -1.95. The number of aromatic nitrogens is 1. The van der Waals surface area contributed by atoms with Crippen molar-refractivity contribution in [3.63, 3.8) is 0 Å². The SMILES string of the molecule is Cc1ccc(-c2nc(-c3cccc(F)c3)c(C(=O)O)s2)cc1. The van der Waals surface area contributed by atoms with E-state index < -0.39 is 11.8 Å².